The van der Waals surface area contributed by atoms with Gasteiger partial charge in [-0.15, -0.1) is 0 Å². The monoisotopic (exact) mass is 552 g/mol. The lowest BCUT2D eigenvalue weighted by Crippen LogP contribution is -2.27. The molecule has 204 valence electrons. The number of carbonyl (C=O) groups is 1. The maximum atomic E-state index is 13.2. The molecule has 0 radical (unpaired) electrons. The van der Waals surface area contributed by atoms with E-state index in [0.717, 1.165) is 41.6 Å². The number of rotatable bonds is 9. The lowest BCUT2D eigenvalue weighted by Gasteiger charge is -2.17. The van der Waals surface area contributed by atoms with Gasteiger partial charge in [-0.25, -0.2) is 18.1 Å². The summed E-state index contributed by atoms with van der Waals surface area (Å²) in [4.78, 5) is 17.9. The summed E-state index contributed by atoms with van der Waals surface area (Å²) >= 11 is 0. The SMILES string of the molecule is CCc1ccc(S(=O)(=O)NC2CCc3ccc(Nc4ncccc4C(=O)NC4CC4c4ccccc4)cc32)cc1. The molecular formula is C32H32N4O3S. The largest absolute Gasteiger partial charge is 0.349 e. The van der Waals surface area contributed by atoms with Crippen LogP contribution in [0, 0.1) is 0 Å². The summed E-state index contributed by atoms with van der Waals surface area (Å²) in [5.74, 6) is 0.628. The number of sulfonamides is 1. The summed E-state index contributed by atoms with van der Waals surface area (Å²) in [5.41, 5.74) is 5.59. The Kier molecular flexibility index (Phi) is 7.12. The van der Waals surface area contributed by atoms with Crippen molar-refractivity contribution in [2.45, 2.75) is 55.5 Å². The normalized spacial score (nSPS) is 19.6. The predicted molar refractivity (Wildman–Crippen MR) is 156 cm³/mol. The molecule has 6 rings (SSSR count). The van der Waals surface area contributed by atoms with E-state index in [1.807, 2.05) is 55.5 Å². The molecule has 8 heteroatoms. The number of pyridine rings is 1. The number of anilines is 2. The highest BCUT2D eigenvalue weighted by atomic mass is 32.2. The van der Waals surface area contributed by atoms with E-state index in [2.05, 4.69) is 32.5 Å². The van der Waals surface area contributed by atoms with Crippen LogP contribution in [0.2, 0.25) is 0 Å². The number of hydrogen-bond acceptors (Lipinski definition) is 5. The smallest absolute Gasteiger partial charge is 0.255 e. The zero-order valence-electron chi connectivity index (χ0n) is 22.3. The molecule has 0 bridgehead atoms. The third-order valence-corrected chi connectivity index (χ3v) is 9.30. The van der Waals surface area contributed by atoms with Gasteiger partial charge in [0.05, 0.1) is 10.5 Å². The van der Waals surface area contributed by atoms with Crippen molar-refractivity contribution < 1.29 is 13.2 Å². The van der Waals surface area contributed by atoms with Gasteiger partial charge in [-0.1, -0.05) is 55.5 Å². The molecule has 4 aromatic rings. The van der Waals surface area contributed by atoms with E-state index in [1.165, 1.54) is 5.56 Å². The van der Waals surface area contributed by atoms with Crippen molar-refractivity contribution in [3.05, 3.63) is 119 Å². The van der Waals surface area contributed by atoms with Crippen LogP contribution in [0.1, 0.15) is 64.3 Å². The second-order valence-corrected chi connectivity index (χ2v) is 12.2. The second kappa shape index (κ2) is 10.9. The fraction of sp³-hybridized carbons (Fsp3) is 0.250. The molecule has 1 fully saturated rings. The van der Waals surface area contributed by atoms with Gasteiger partial charge in [0.25, 0.3) is 5.91 Å². The summed E-state index contributed by atoms with van der Waals surface area (Å²) in [6.45, 7) is 2.04. The number of fused-ring (bicyclic) bond motifs is 1. The maximum Gasteiger partial charge on any atom is 0.255 e. The molecule has 3 N–H and O–H groups in total. The summed E-state index contributed by atoms with van der Waals surface area (Å²) in [5, 5.41) is 6.44. The molecule has 1 aromatic heterocycles. The van der Waals surface area contributed by atoms with Crippen molar-refractivity contribution in [3.8, 4) is 0 Å². The van der Waals surface area contributed by atoms with Crippen molar-refractivity contribution >= 4 is 27.4 Å². The number of aryl methyl sites for hydroxylation is 2. The van der Waals surface area contributed by atoms with Crippen molar-refractivity contribution in [2.75, 3.05) is 5.32 Å². The molecule has 1 saturated carbocycles. The lowest BCUT2D eigenvalue weighted by molar-refractivity contribution is 0.0951. The van der Waals surface area contributed by atoms with E-state index in [1.54, 1.807) is 30.5 Å². The van der Waals surface area contributed by atoms with Crippen LogP contribution < -0.4 is 15.4 Å². The van der Waals surface area contributed by atoms with Crippen LogP contribution in [0.15, 0.2) is 96.0 Å². The fourth-order valence-corrected chi connectivity index (χ4v) is 6.71. The van der Waals surface area contributed by atoms with E-state index >= 15 is 0 Å². The van der Waals surface area contributed by atoms with Crippen LogP contribution in [0.4, 0.5) is 11.5 Å². The Morgan fingerprint density at radius 1 is 0.975 bits per heavy atom. The molecule has 2 aliphatic carbocycles. The van der Waals surface area contributed by atoms with Gasteiger partial charge in [-0.05, 0) is 84.3 Å². The fourth-order valence-electron chi connectivity index (χ4n) is 5.46. The first-order valence-electron chi connectivity index (χ1n) is 13.7. The van der Waals surface area contributed by atoms with E-state index in [0.29, 0.717) is 23.7 Å². The first kappa shape index (κ1) is 26.2. The van der Waals surface area contributed by atoms with Gasteiger partial charge in [-0.2, -0.15) is 0 Å². The Bertz CT molecular complexity index is 1640. The molecule has 3 atom stereocenters. The highest BCUT2D eigenvalue weighted by Gasteiger charge is 2.39. The minimum atomic E-state index is -3.67. The van der Waals surface area contributed by atoms with Gasteiger partial charge in [-0.3, -0.25) is 4.79 Å². The molecule has 2 aliphatic rings. The first-order valence-corrected chi connectivity index (χ1v) is 15.2. The molecule has 1 amide bonds. The van der Waals surface area contributed by atoms with Crippen LogP contribution in [0.3, 0.4) is 0 Å². The number of aromatic nitrogens is 1. The molecule has 40 heavy (non-hydrogen) atoms. The summed E-state index contributed by atoms with van der Waals surface area (Å²) < 4.78 is 29.1. The number of carbonyl (C=O) groups excluding carboxylic acids is 1. The van der Waals surface area contributed by atoms with Crippen LogP contribution >= 0.6 is 0 Å². The predicted octanol–water partition coefficient (Wildman–Crippen LogP) is 5.64. The third-order valence-electron chi connectivity index (χ3n) is 7.81. The van der Waals surface area contributed by atoms with Crippen LogP contribution in [0.5, 0.6) is 0 Å². The van der Waals surface area contributed by atoms with Gasteiger partial charge in [0.15, 0.2) is 0 Å². The molecule has 1 heterocycles. The van der Waals surface area contributed by atoms with E-state index < -0.39 is 10.0 Å². The average Bonchev–Trinajstić information content (AvgIpc) is 3.64. The minimum Gasteiger partial charge on any atom is -0.349 e. The number of hydrogen-bond donors (Lipinski definition) is 3. The summed E-state index contributed by atoms with van der Waals surface area (Å²) in [7, 11) is -3.67. The Morgan fingerprint density at radius 2 is 1.77 bits per heavy atom. The van der Waals surface area contributed by atoms with Crippen LogP contribution in [-0.2, 0) is 22.9 Å². The molecular weight excluding hydrogens is 520 g/mol. The Morgan fingerprint density at radius 3 is 2.55 bits per heavy atom. The maximum absolute atomic E-state index is 13.2. The second-order valence-electron chi connectivity index (χ2n) is 10.5. The van der Waals surface area contributed by atoms with Gasteiger partial charge in [0.1, 0.15) is 5.82 Å². The average molecular weight is 553 g/mol. The number of nitrogens with one attached hydrogen (secondary N) is 3. The molecule has 0 spiro atoms. The third kappa shape index (κ3) is 5.50. The lowest BCUT2D eigenvalue weighted by atomic mass is 10.1. The highest BCUT2D eigenvalue weighted by molar-refractivity contribution is 7.89. The Balaban J connectivity index is 1.16. The van der Waals surface area contributed by atoms with Gasteiger partial charge in [0.2, 0.25) is 10.0 Å². The summed E-state index contributed by atoms with van der Waals surface area (Å²) in [6.07, 6.45) is 4.90. The minimum absolute atomic E-state index is 0.106. The molecule has 0 saturated heterocycles. The van der Waals surface area contributed by atoms with E-state index in [4.69, 9.17) is 0 Å². The quantitative estimate of drug-likeness (QED) is 0.250. The van der Waals surface area contributed by atoms with Crippen molar-refractivity contribution in [2.24, 2.45) is 0 Å². The number of nitrogens with zero attached hydrogens (tertiary/aromatic N) is 1. The van der Waals surface area contributed by atoms with E-state index in [-0.39, 0.29) is 22.9 Å². The van der Waals surface area contributed by atoms with Crippen molar-refractivity contribution in [1.29, 1.82) is 0 Å². The topological polar surface area (TPSA) is 100 Å². The zero-order chi connectivity index (χ0) is 27.7. The van der Waals surface area contributed by atoms with Gasteiger partial charge < -0.3 is 10.6 Å². The summed E-state index contributed by atoms with van der Waals surface area (Å²) in [6, 6.07) is 26.5. The molecule has 3 unspecified atom stereocenters. The van der Waals surface area contributed by atoms with Crippen molar-refractivity contribution in [1.82, 2.24) is 15.0 Å². The highest BCUT2D eigenvalue weighted by Crippen LogP contribution is 2.41. The molecule has 0 aliphatic heterocycles. The van der Waals surface area contributed by atoms with E-state index in [9.17, 15) is 13.2 Å². The number of amides is 1. The van der Waals surface area contributed by atoms with Gasteiger partial charge in [0, 0.05) is 29.9 Å². The zero-order valence-corrected chi connectivity index (χ0v) is 23.1. The Labute approximate surface area is 235 Å². The standard InChI is InChI=1S/C32H32N4O3S/c1-2-21-10-15-25(16-11-21)40(38,39)36-29-17-13-23-12-14-24(19-27(23)29)34-31-26(9-6-18-33-31)32(37)35-30-20-28(30)22-7-4-3-5-8-22/h3-12,14-16,18-19,28-30,36H,2,13,17,20H2,1H3,(H,33,34)(H,35,37). The molecule has 7 nitrogen and oxygen atoms in total. The number of benzene rings is 3. The first-order chi connectivity index (χ1) is 19.4. The van der Waals surface area contributed by atoms with Crippen molar-refractivity contribution in [3.63, 3.8) is 0 Å². The van der Waals surface area contributed by atoms with Gasteiger partial charge >= 0.3 is 0 Å². The van der Waals surface area contributed by atoms with Crippen LogP contribution in [-0.4, -0.2) is 25.4 Å². The van der Waals surface area contributed by atoms with Crippen LogP contribution in [0.25, 0.3) is 0 Å². The Hall–Kier alpha value is -4.01. The molecule has 3 aromatic carbocycles.